The second kappa shape index (κ2) is 4.51. The van der Waals surface area contributed by atoms with Gasteiger partial charge in [0, 0.05) is 5.41 Å². The maximum absolute atomic E-state index is 10.7. The Bertz CT molecular complexity index is 474. The molecule has 0 radical (unpaired) electrons. The van der Waals surface area contributed by atoms with Gasteiger partial charge in [0.1, 0.15) is 0 Å². The van der Waals surface area contributed by atoms with Crippen molar-refractivity contribution >= 4 is 0 Å². The van der Waals surface area contributed by atoms with Gasteiger partial charge in [-0.1, -0.05) is 27.7 Å². The molecule has 2 nitrogen and oxygen atoms in total. The van der Waals surface area contributed by atoms with Gasteiger partial charge in [-0.05, 0) is 78.9 Å². The van der Waals surface area contributed by atoms with E-state index in [1.807, 2.05) is 0 Å². The molecule has 0 aliphatic heterocycles. The Balaban J connectivity index is 1.74. The lowest BCUT2D eigenvalue weighted by molar-refractivity contribution is -0.131. The fraction of sp³-hybridized carbons (Fsp3) is 1.00. The number of hydrogen-bond acceptors (Lipinski definition) is 2. The van der Waals surface area contributed by atoms with E-state index in [0.29, 0.717) is 16.7 Å². The van der Waals surface area contributed by atoms with Gasteiger partial charge in [-0.3, -0.25) is 0 Å². The van der Waals surface area contributed by atoms with Crippen molar-refractivity contribution in [2.75, 3.05) is 6.61 Å². The van der Waals surface area contributed by atoms with Gasteiger partial charge in [0.25, 0.3) is 0 Å². The van der Waals surface area contributed by atoms with Crippen LogP contribution in [0.25, 0.3) is 0 Å². The van der Waals surface area contributed by atoms with E-state index in [4.69, 9.17) is 0 Å². The summed E-state index contributed by atoms with van der Waals surface area (Å²) in [6, 6.07) is 0. The predicted octanol–water partition coefficient (Wildman–Crippen LogP) is 3.85. The lowest BCUT2D eigenvalue weighted by Crippen LogP contribution is -2.54. The molecule has 4 aliphatic carbocycles. The highest BCUT2D eigenvalue weighted by Crippen LogP contribution is 2.76. The lowest BCUT2D eigenvalue weighted by Gasteiger charge is -2.58. The molecule has 8 atom stereocenters. The monoisotopic (exact) mass is 306 g/mol. The molecule has 0 aromatic heterocycles. The van der Waals surface area contributed by atoms with Crippen LogP contribution < -0.4 is 0 Å². The first-order valence-electron chi connectivity index (χ1n) is 9.56. The summed E-state index contributed by atoms with van der Waals surface area (Å²) in [5, 5.41) is 20.7. The van der Waals surface area contributed by atoms with Crippen molar-refractivity contribution in [3.8, 4) is 0 Å². The number of aliphatic hydroxyl groups is 2. The summed E-state index contributed by atoms with van der Waals surface area (Å²) >= 11 is 0. The molecule has 4 saturated carbocycles. The molecule has 5 unspecified atom stereocenters. The minimum Gasteiger partial charge on any atom is -0.396 e. The van der Waals surface area contributed by atoms with E-state index in [1.54, 1.807) is 0 Å². The quantitative estimate of drug-likeness (QED) is 0.813. The highest BCUT2D eigenvalue weighted by molar-refractivity contribution is 5.21. The van der Waals surface area contributed by atoms with Crippen molar-refractivity contribution in [3.05, 3.63) is 0 Å². The van der Waals surface area contributed by atoms with E-state index in [-0.39, 0.29) is 18.1 Å². The van der Waals surface area contributed by atoms with Gasteiger partial charge in [0.2, 0.25) is 0 Å². The predicted molar refractivity (Wildman–Crippen MR) is 88.2 cm³/mol. The zero-order chi connectivity index (χ0) is 15.9. The molecule has 0 saturated heterocycles. The maximum atomic E-state index is 10.7. The summed E-state index contributed by atoms with van der Waals surface area (Å²) in [5.74, 6) is 3.74. The van der Waals surface area contributed by atoms with Crippen LogP contribution in [-0.2, 0) is 0 Å². The third-order valence-electron chi connectivity index (χ3n) is 8.86. The van der Waals surface area contributed by atoms with Crippen LogP contribution in [0.1, 0.15) is 66.2 Å². The van der Waals surface area contributed by atoms with Crippen LogP contribution in [0.4, 0.5) is 0 Å². The molecule has 4 aliphatic rings. The van der Waals surface area contributed by atoms with Crippen molar-refractivity contribution in [1.29, 1.82) is 0 Å². The van der Waals surface area contributed by atoms with Crippen LogP contribution >= 0.6 is 0 Å². The number of hydrogen-bond donors (Lipinski definition) is 2. The zero-order valence-corrected chi connectivity index (χ0v) is 14.8. The molecule has 0 amide bonds. The largest absolute Gasteiger partial charge is 0.396 e. The van der Waals surface area contributed by atoms with Gasteiger partial charge in [-0.25, -0.2) is 0 Å². The molecule has 0 heterocycles. The van der Waals surface area contributed by atoms with Gasteiger partial charge < -0.3 is 10.2 Å². The first-order chi connectivity index (χ1) is 10.3. The van der Waals surface area contributed by atoms with Gasteiger partial charge in [-0.15, -0.1) is 0 Å². The summed E-state index contributed by atoms with van der Waals surface area (Å²) in [5.41, 5.74) is 0.693. The SMILES string of the molecule is CC(C)C1CC[C@]2(C)CCC3(C)C[C@@H](O)C4(CO)CC4[C@@H]3C12. The molecular formula is C20H34O2. The van der Waals surface area contributed by atoms with E-state index in [9.17, 15) is 10.2 Å². The summed E-state index contributed by atoms with van der Waals surface area (Å²) in [4.78, 5) is 0. The van der Waals surface area contributed by atoms with Crippen molar-refractivity contribution in [3.63, 3.8) is 0 Å². The van der Waals surface area contributed by atoms with Crippen LogP contribution in [0.15, 0.2) is 0 Å². The van der Waals surface area contributed by atoms with Gasteiger partial charge in [0.15, 0.2) is 0 Å². The fourth-order valence-electron chi connectivity index (χ4n) is 7.39. The van der Waals surface area contributed by atoms with Gasteiger partial charge in [0.05, 0.1) is 12.7 Å². The van der Waals surface area contributed by atoms with E-state index in [2.05, 4.69) is 27.7 Å². The first kappa shape index (κ1) is 15.4. The van der Waals surface area contributed by atoms with Crippen molar-refractivity contribution < 1.29 is 10.2 Å². The molecule has 126 valence electrons. The lowest BCUT2D eigenvalue weighted by atomic mass is 9.47. The van der Waals surface area contributed by atoms with Crippen LogP contribution in [-0.4, -0.2) is 22.9 Å². The van der Waals surface area contributed by atoms with Crippen molar-refractivity contribution in [2.45, 2.75) is 72.3 Å². The highest BCUT2D eigenvalue weighted by atomic mass is 16.3. The van der Waals surface area contributed by atoms with Crippen LogP contribution in [0.3, 0.4) is 0 Å². The van der Waals surface area contributed by atoms with Gasteiger partial charge >= 0.3 is 0 Å². The zero-order valence-electron chi connectivity index (χ0n) is 14.8. The number of fused-ring (bicyclic) bond motifs is 5. The molecule has 4 rings (SSSR count). The minimum absolute atomic E-state index is 0.132. The van der Waals surface area contributed by atoms with Crippen LogP contribution in [0.2, 0.25) is 0 Å². The van der Waals surface area contributed by atoms with E-state index >= 15 is 0 Å². The van der Waals surface area contributed by atoms with E-state index in [1.165, 1.54) is 25.7 Å². The Labute approximate surface area is 135 Å². The number of aliphatic hydroxyl groups excluding tert-OH is 2. The smallest absolute Gasteiger partial charge is 0.0626 e. The molecule has 22 heavy (non-hydrogen) atoms. The average Bonchev–Trinajstić information content (AvgIpc) is 3.09. The highest BCUT2D eigenvalue weighted by Gasteiger charge is 2.72. The molecule has 0 bridgehead atoms. The summed E-state index contributed by atoms with van der Waals surface area (Å²) in [7, 11) is 0. The van der Waals surface area contributed by atoms with Crippen LogP contribution in [0, 0.1) is 45.8 Å². The Morgan fingerprint density at radius 3 is 2.32 bits per heavy atom. The van der Waals surface area contributed by atoms with Crippen molar-refractivity contribution in [2.24, 2.45) is 45.8 Å². The van der Waals surface area contributed by atoms with E-state index in [0.717, 1.165) is 36.5 Å². The molecule has 2 heteroatoms. The molecular weight excluding hydrogens is 272 g/mol. The molecule has 0 spiro atoms. The Hall–Kier alpha value is -0.0800. The summed E-state index contributed by atoms with van der Waals surface area (Å²) in [6.45, 7) is 10.0. The third-order valence-corrected chi connectivity index (χ3v) is 8.86. The molecule has 0 aromatic rings. The molecule has 0 aromatic carbocycles. The summed E-state index contributed by atoms with van der Waals surface area (Å²) in [6.07, 6.45) is 7.15. The normalized spacial score (nSPS) is 59.9. The van der Waals surface area contributed by atoms with Crippen molar-refractivity contribution in [1.82, 2.24) is 0 Å². The average molecular weight is 306 g/mol. The first-order valence-corrected chi connectivity index (χ1v) is 9.56. The molecule has 4 fully saturated rings. The fourth-order valence-corrected chi connectivity index (χ4v) is 7.39. The Kier molecular flexibility index (Phi) is 3.16. The second-order valence-electron chi connectivity index (χ2n) is 10.2. The van der Waals surface area contributed by atoms with E-state index < -0.39 is 0 Å². The topological polar surface area (TPSA) is 40.5 Å². The Morgan fingerprint density at radius 2 is 1.68 bits per heavy atom. The molecule has 2 N–H and O–H groups in total. The number of rotatable bonds is 2. The second-order valence-corrected chi connectivity index (χ2v) is 10.2. The minimum atomic E-state index is -0.271. The van der Waals surface area contributed by atoms with Crippen LogP contribution in [0.5, 0.6) is 0 Å². The third kappa shape index (κ3) is 1.75. The maximum Gasteiger partial charge on any atom is 0.0626 e. The standard InChI is InChI=1S/C20H34O2/c1-12(2)13-5-6-18(3)7-8-19(4)10-15(22)20(11-21)9-14(20)17(19)16(13)18/h12-17,21-22H,5-11H2,1-4H3/t13?,14?,15-,16?,17-,18-,19?,20?/m1/s1. The Morgan fingerprint density at radius 1 is 1.00 bits per heavy atom. The van der Waals surface area contributed by atoms with Gasteiger partial charge in [-0.2, -0.15) is 0 Å². The summed E-state index contributed by atoms with van der Waals surface area (Å²) < 4.78 is 0.